The average molecular weight is 528 g/mol. The van der Waals surface area contributed by atoms with Crippen LogP contribution in [0.4, 0.5) is 5.82 Å². The van der Waals surface area contributed by atoms with Crippen molar-refractivity contribution in [3.8, 4) is 0 Å². The van der Waals surface area contributed by atoms with Crippen LogP contribution in [0.15, 0.2) is 17.2 Å². The number of anilines is 1. The molecule has 1 aliphatic heterocycles. The molecule has 0 aromatic carbocycles. The number of amides is 1. The van der Waals surface area contributed by atoms with Gasteiger partial charge in [-0.3, -0.25) is 9.59 Å². The average Bonchev–Trinajstić information content (AvgIpc) is 3.59. The number of carbonyl (C=O) groups is 2. The van der Waals surface area contributed by atoms with Crippen LogP contribution >= 0.6 is 11.8 Å². The Bertz CT molecular complexity index is 1030. The molecule has 6 atom stereocenters. The number of fused-ring (bicyclic) bond motifs is 2. The van der Waals surface area contributed by atoms with Crippen molar-refractivity contribution >= 4 is 29.5 Å². The lowest BCUT2D eigenvalue weighted by Crippen LogP contribution is -2.42. The van der Waals surface area contributed by atoms with Gasteiger partial charge in [-0.05, 0) is 93.6 Å². The molecule has 1 saturated heterocycles. The SMILES string of the molecule is COC(=O)C[C@@H]1CCN(c2ccc(C(=O)NC3CCC4CC5C[C@@](O)(C4)CC53)c(SC3CCCC3)n2)C1. The number of aromatic nitrogens is 1. The first kappa shape index (κ1) is 25.5. The summed E-state index contributed by atoms with van der Waals surface area (Å²) in [6.45, 7) is 1.65. The number of hydrogen-bond acceptors (Lipinski definition) is 7. The van der Waals surface area contributed by atoms with Gasteiger partial charge in [-0.1, -0.05) is 12.8 Å². The van der Waals surface area contributed by atoms with Crippen LogP contribution in [-0.2, 0) is 9.53 Å². The smallest absolute Gasteiger partial charge is 0.305 e. The second-order valence-electron chi connectivity index (χ2n) is 12.4. The molecule has 2 heterocycles. The zero-order chi connectivity index (χ0) is 25.6. The fourth-order valence-corrected chi connectivity index (χ4v) is 9.43. The van der Waals surface area contributed by atoms with Gasteiger partial charge < -0.3 is 20.1 Å². The number of thioether (sulfide) groups is 1. The van der Waals surface area contributed by atoms with Gasteiger partial charge in [0.15, 0.2) is 0 Å². The summed E-state index contributed by atoms with van der Waals surface area (Å²) in [5, 5.41) is 15.8. The third-order valence-electron chi connectivity index (χ3n) is 9.85. The lowest BCUT2D eigenvalue weighted by atomic mass is 9.77. The number of nitrogens with one attached hydrogen (secondary N) is 1. The van der Waals surface area contributed by atoms with Crippen LogP contribution in [0, 0.1) is 23.7 Å². The standard InChI is InChI=1S/C29H41N3O4S/c1-36-26(33)13-19-10-11-32(17-19)25-9-7-22(28(31-25)37-21-4-2-3-5-21)27(34)30-24-8-6-18-12-20-15-29(35,14-18)16-23(20)24/h7,9,18-21,23-24,35H,2-6,8,10-17H2,1H3,(H,30,34)/t18?,19-,20?,23?,24?,29-/m0/s1. The van der Waals surface area contributed by atoms with E-state index in [2.05, 4.69) is 10.2 Å². The number of ether oxygens (including phenoxy) is 1. The quantitative estimate of drug-likeness (QED) is 0.502. The fraction of sp³-hybridized carbons (Fsp3) is 0.759. The van der Waals surface area contributed by atoms with E-state index < -0.39 is 5.60 Å². The summed E-state index contributed by atoms with van der Waals surface area (Å²) in [5.41, 5.74) is 0.184. The third-order valence-corrected chi connectivity index (χ3v) is 11.2. The van der Waals surface area contributed by atoms with Crippen molar-refractivity contribution in [3.63, 3.8) is 0 Å². The number of rotatable bonds is 7. The van der Waals surface area contributed by atoms with Crippen LogP contribution in [0.1, 0.15) is 87.4 Å². The maximum atomic E-state index is 13.7. The highest BCUT2D eigenvalue weighted by atomic mass is 32.2. The number of carbonyl (C=O) groups excluding carboxylic acids is 2. The molecule has 2 N–H and O–H groups in total. The summed E-state index contributed by atoms with van der Waals surface area (Å²) in [7, 11) is 1.44. The van der Waals surface area contributed by atoms with Gasteiger partial charge in [0.25, 0.3) is 5.91 Å². The Morgan fingerprint density at radius 3 is 2.81 bits per heavy atom. The van der Waals surface area contributed by atoms with E-state index in [0.29, 0.717) is 35.0 Å². The summed E-state index contributed by atoms with van der Waals surface area (Å²) in [6.07, 6.45) is 12.2. The summed E-state index contributed by atoms with van der Waals surface area (Å²) in [6, 6.07) is 4.09. The predicted molar refractivity (Wildman–Crippen MR) is 144 cm³/mol. The predicted octanol–water partition coefficient (Wildman–Crippen LogP) is 4.57. The van der Waals surface area contributed by atoms with Crippen molar-refractivity contribution in [2.75, 3.05) is 25.1 Å². The van der Waals surface area contributed by atoms with E-state index in [-0.39, 0.29) is 23.8 Å². The Balaban J connectivity index is 1.19. The molecule has 1 aromatic heterocycles. The second kappa shape index (κ2) is 10.4. The van der Waals surface area contributed by atoms with Crippen molar-refractivity contribution in [2.24, 2.45) is 23.7 Å². The lowest BCUT2D eigenvalue weighted by molar-refractivity contribution is -0.141. The number of methoxy groups -OCH3 is 1. The number of nitrogens with zero attached hydrogens (tertiary/aromatic N) is 2. The molecule has 1 amide bonds. The number of hydrogen-bond donors (Lipinski definition) is 2. The van der Waals surface area contributed by atoms with Gasteiger partial charge in [0, 0.05) is 24.4 Å². The van der Waals surface area contributed by atoms with Crippen LogP contribution in [0.25, 0.3) is 0 Å². The molecule has 0 spiro atoms. The first-order valence-corrected chi connectivity index (χ1v) is 15.3. The minimum atomic E-state index is -0.504. The molecule has 1 aromatic rings. The highest BCUT2D eigenvalue weighted by Gasteiger charge is 2.53. The van der Waals surface area contributed by atoms with Gasteiger partial charge in [0.05, 0.1) is 24.7 Å². The van der Waals surface area contributed by atoms with Crippen molar-refractivity contribution in [1.82, 2.24) is 10.3 Å². The molecule has 8 heteroatoms. The second-order valence-corrected chi connectivity index (χ2v) is 13.7. The van der Waals surface area contributed by atoms with Crippen LogP contribution in [0.3, 0.4) is 0 Å². The Labute approximate surface area is 224 Å². The molecule has 4 unspecified atom stereocenters. The highest BCUT2D eigenvalue weighted by molar-refractivity contribution is 7.99. The topological polar surface area (TPSA) is 91.8 Å². The maximum absolute atomic E-state index is 13.7. The maximum Gasteiger partial charge on any atom is 0.305 e. The van der Waals surface area contributed by atoms with Gasteiger partial charge in [-0.15, -0.1) is 11.8 Å². The van der Waals surface area contributed by atoms with Crippen molar-refractivity contribution in [3.05, 3.63) is 17.7 Å². The Morgan fingerprint density at radius 2 is 2.00 bits per heavy atom. The molecule has 7 nitrogen and oxygen atoms in total. The van der Waals surface area contributed by atoms with E-state index in [4.69, 9.17) is 9.72 Å². The van der Waals surface area contributed by atoms with Gasteiger partial charge in [0.1, 0.15) is 10.8 Å². The molecule has 4 aliphatic carbocycles. The Hall–Kier alpha value is -1.80. The molecular weight excluding hydrogens is 486 g/mol. The minimum Gasteiger partial charge on any atom is -0.469 e. The molecule has 3 bridgehead atoms. The summed E-state index contributed by atoms with van der Waals surface area (Å²) in [5.74, 6) is 2.54. The van der Waals surface area contributed by atoms with E-state index in [1.165, 1.54) is 39.2 Å². The Kier molecular flexibility index (Phi) is 7.16. The number of pyridine rings is 1. The van der Waals surface area contributed by atoms with Gasteiger partial charge in [-0.25, -0.2) is 4.98 Å². The van der Waals surface area contributed by atoms with Gasteiger partial charge >= 0.3 is 5.97 Å². The highest BCUT2D eigenvalue weighted by Crippen LogP contribution is 2.55. The van der Waals surface area contributed by atoms with E-state index in [1.807, 2.05) is 12.1 Å². The molecule has 4 saturated carbocycles. The van der Waals surface area contributed by atoms with Crippen molar-refractivity contribution in [1.29, 1.82) is 0 Å². The summed E-state index contributed by atoms with van der Waals surface area (Å²) < 4.78 is 4.86. The summed E-state index contributed by atoms with van der Waals surface area (Å²) >= 11 is 1.77. The van der Waals surface area contributed by atoms with Crippen molar-refractivity contribution in [2.45, 2.75) is 99.0 Å². The van der Waals surface area contributed by atoms with Crippen LogP contribution in [0.2, 0.25) is 0 Å². The molecule has 0 radical (unpaired) electrons. The van der Waals surface area contributed by atoms with Crippen LogP contribution in [0.5, 0.6) is 0 Å². The molecule has 6 rings (SSSR count). The zero-order valence-electron chi connectivity index (χ0n) is 22.0. The molecule has 5 aliphatic rings. The van der Waals surface area contributed by atoms with E-state index in [0.717, 1.165) is 62.5 Å². The normalized spacial score (nSPS) is 35.1. The molecular formula is C29H41N3O4S. The number of esters is 1. The van der Waals surface area contributed by atoms with Crippen molar-refractivity contribution < 1.29 is 19.4 Å². The van der Waals surface area contributed by atoms with E-state index in [1.54, 1.807) is 11.8 Å². The third kappa shape index (κ3) is 5.38. The zero-order valence-corrected chi connectivity index (χ0v) is 22.8. The fourth-order valence-electron chi connectivity index (χ4n) is 8.11. The first-order valence-electron chi connectivity index (χ1n) is 14.4. The largest absolute Gasteiger partial charge is 0.469 e. The molecule has 202 valence electrons. The first-order chi connectivity index (χ1) is 17.9. The summed E-state index contributed by atoms with van der Waals surface area (Å²) in [4.78, 5) is 32.8. The minimum absolute atomic E-state index is 0.0113. The Morgan fingerprint density at radius 1 is 1.16 bits per heavy atom. The monoisotopic (exact) mass is 527 g/mol. The lowest BCUT2D eigenvalue weighted by Gasteiger charge is -2.33. The van der Waals surface area contributed by atoms with Gasteiger partial charge in [-0.2, -0.15) is 0 Å². The van der Waals surface area contributed by atoms with Crippen LogP contribution in [-0.4, -0.2) is 59.1 Å². The van der Waals surface area contributed by atoms with E-state index >= 15 is 0 Å². The molecule has 37 heavy (non-hydrogen) atoms. The number of aliphatic hydroxyl groups is 1. The van der Waals surface area contributed by atoms with E-state index in [9.17, 15) is 14.7 Å². The molecule has 5 fully saturated rings. The van der Waals surface area contributed by atoms with Crippen LogP contribution < -0.4 is 10.2 Å². The van der Waals surface area contributed by atoms with Gasteiger partial charge in [0.2, 0.25) is 0 Å².